The average Bonchev–Trinajstić information content (AvgIpc) is 3.45. The van der Waals surface area contributed by atoms with Gasteiger partial charge < -0.3 is 14.7 Å². The molecule has 0 bridgehead atoms. The predicted molar refractivity (Wildman–Crippen MR) is 127 cm³/mol. The third-order valence-electron chi connectivity index (χ3n) is 5.16. The van der Waals surface area contributed by atoms with E-state index in [1.165, 1.54) is 12.1 Å². The van der Waals surface area contributed by atoms with Gasteiger partial charge in [-0.3, -0.25) is 9.89 Å². The van der Waals surface area contributed by atoms with Crippen LogP contribution in [0.25, 0.3) is 5.69 Å². The summed E-state index contributed by atoms with van der Waals surface area (Å²) in [6.45, 7) is 5.29. The smallest absolute Gasteiger partial charge is 0.193 e. The Bertz CT molecular complexity index is 951. The maximum absolute atomic E-state index is 13.1. The van der Waals surface area contributed by atoms with Crippen LogP contribution in [0.2, 0.25) is 0 Å². The number of aliphatic imine (C=N–C) groups is 1. The highest BCUT2D eigenvalue weighted by atomic mass is 127. The highest BCUT2D eigenvalue weighted by Crippen LogP contribution is 2.10. The van der Waals surface area contributed by atoms with Crippen molar-refractivity contribution in [3.8, 4) is 5.69 Å². The number of aromatic nitrogens is 3. The lowest BCUT2D eigenvalue weighted by Gasteiger charge is -2.36. The third-order valence-corrected chi connectivity index (χ3v) is 5.16. The number of halogens is 2. The van der Waals surface area contributed by atoms with Gasteiger partial charge in [-0.2, -0.15) is 5.10 Å². The summed E-state index contributed by atoms with van der Waals surface area (Å²) in [7, 11) is 1.81. The summed E-state index contributed by atoms with van der Waals surface area (Å²) < 4.78 is 19.7. The Labute approximate surface area is 198 Å². The van der Waals surface area contributed by atoms with Gasteiger partial charge in [0, 0.05) is 65.0 Å². The Morgan fingerprint density at radius 1 is 1.10 bits per heavy atom. The molecule has 0 spiro atoms. The van der Waals surface area contributed by atoms with Crippen LogP contribution in [0.1, 0.15) is 11.4 Å². The van der Waals surface area contributed by atoms with Gasteiger partial charge in [-0.1, -0.05) is 5.16 Å². The second kappa shape index (κ2) is 11.2. The first-order valence-electron chi connectivity index (χ1n) is 10.1. The average molecular weight is 539 g/mol. The molecule has 10 heteroatoms. The Balaban J connectivity index is 0.00000272. The summed E-state index contributed by atoms with van der Waals surface area (Å²) in [5.41, 5.74) is 2.78. The summed E-state index contributed by atoms with van der Waals surface area (Å²) in [5.74, 6) is 0.662. The highest BCUT2D eigenvalue weighted by molar-refractivity contribution is 14.0. The first kappa shape index (κ1) is 23.2. The Hall–Kier alpha value is -2.47. The van der Waals surface area contributed by atoms with Gasteiger partial charge in [0.25, 0.3) is 0 Å². The fourth-order valence-electron chi connectivity index (χ4n) is 3.53. The van der Waals surface area contributed by atoms with E-state index in [1.807, 2.05) is 25.4 Å². The third kappa shape index (κ3) is 6.26. The monoisotopic (exact) mass is 539 g/mol. The lowest BCUT2D eigenvalue weighted by Crippen LogP contribution is -2.52. The molecule has 4 rings (SSSR count). The molecule has 1 aliphatic heterocycles. The number of piperazine rings is 1. The molecule has 1 aliphatic rings. The Morgan fingerprint density at radius 2 is 1.87 bits per heavy atom. The summed E-state index contributed by atoms with van der Waals surface area (Å²) in [4.78, 5) is 9.07. The van der Waals surface area contributed by atoms with Crippen molar-refractivity contribution >= 4 is 29.9 Å². The zero-order chi connectivity index (χ0) is 20.8. The van der Waals surface area contributed by atoms with Gasteiger partial charge >= 0.3 is 0 Å². The Kier molecular flexibility index (Phi) is 8.41. The lowest BCUT2D eigenvalue weighted by atomic mass is 10.3. The Morgan fingerprint density at radius 3 is 2.55 bits per heavy atom. The second-order valence-electron chi connectivity index (χ2n) is 7.21. The predicted octanol–water partition coefficient (Wildman–Crippen LogP) is 2.55. The van der Waals surface area contributed by atoms with Gasteiger partial charge in [-0.25, -0.2) is 9.07 Å². The minimum atomic E-state index is -0.249. The molecule has 0 radical (unpaired) electrons. The number of guanidine groups is 1. The molecular weight excluding hydrogens is 512 g/mol. The van der Waals surface area contributed by atoms with Crippen LogP contribution in [0.4, 0.5) is 4.39 Å². The van der Waals surface area contributed by atoms with Gasteiger partial charge in [0.05, 0.1) is 17.1 Å². The molecule has 0 atom stereocenters. The summed E-state index contributed by atoms with van der Waals surface area (Å²) >= 11 is 0. The maximum Gasteiger partial charge on any atom is 0.193 e. The minimum absolute atomic E-state index is 0. The largest absolute Gasteiger partial charge is 0.364 e. The van der Waals surface area contributed by atoms with Crippen molar-refractivity contribution in [2.45, 2.75) is 13.0 Å². The zero-order valence-electron chi connectivity index (χ0n) is 17.4. The number of benzene rings is 1. The van der Waals surface area contributed by atoms with Gasteiger partial charge in [-0.15, -0.1) is 24.0 Å². The van der Waals surface area contributed by atoms with Gasteiger partial charge in [0.15, 0.2) is 5.96 Å². The van der Waals surface area contributed by atoms with Crippen LogP contribution in [0.5, 0.6) is 0 Å². The van der Waals surface area contributed by atoms with E-state index in [2.05, 4.69) is 30.4 Å². The molecule has 166 valence electrons. The summed E-state index contributed by atoms with van der Waals surface area (Å²) in [5, 5.41) is 12.0. The van der Waals surface area contributed by atoms with Crippen LogP contribution in [-0.4, -0.2) is 70.5 Å². The summed E-state index contributed by atoms with van der Waals surface area (Å²) in [6, 6.07) is 10.2. The van der Waals surface area contributed by atoms with Crippen LogP contribution >= 0.6 is 24.0 Å². The molecule has 0 amide bonds. The number of hydrogen-bond acceptors (Lipinski definition) is 5. The molecule has 0 saturated carbocycles. The van der Waals surface area contributed by atoms with E-state index in [0.29, 0.717) is 0 Å². The zero-order valence-corrected chi connectivity index (χ0v) is 19.8. The molecule has 1 fully saturated rings. The molecule has 1 saturated heterocycles. The number of nitrogens with one attached hydrogen (secondary N) is 1. The molecule has 0 unspecified atom stereocenters. The standard InChI is InChI=1S/C21H26FN7O.HI/c1-23-21(28-13-11-27(12-14-28)16-19-8-15-30-26-19)24-9-6-18-7-10-29(25-18)20-4-2-17(22)3-5-20;/h2-5,7-8,10,15H,6,9,11-14,16H2,1H3,(H,23,24);1H. The minimum Gasteiger partial charge on any atom is -0.364 e. The lowest BCUT2D eigenvalue weighted by molar-refractivity contribution is 0.169. The van der Waals surface area contributed by atoms with E-state index in [0.717, 1.165) is 68.7 Å². The quantitative estimate of drug-likeness (QED) is 0.295. The van der Waals surface area contributed by atoms with E-state index in [9.17, 15) is 4.39 Å². The van der Waals surface area contributed by atoms with E-state index < -0.39 is 0 Å². The molecule has 1 N–H and O–H groups in total. The fraction of sp³-hybridized carbons (Fsp3) is 0.381. The van der Waals surface area contributed by atoms with Crippen LogP contribution in [0.15, 0.2) is 58.4 Å². The van der Waals surface area contributed by atoms with Crippen molar-refractivity contribution in [2.75, 3.05) is 39.8 Å². The van der Waals surface area contributed by atoms with Crippen molar-refractivity contribution in [3.63, 3.8) is 0 Å². The maximum atomic E-state index is 13.1. The van der Waals surface area contributed by atoms with Gasteiger partial charge in [0.2, 0.25) is 0 Å². The number of hydrogen-bond donors (Lipinski definition) is 1. The van der Waals surface area contributed by atoms with E-state index in [1.54, 1.807) is 23.1 Å². The van der Waals surface area contributed by atoms with Gasteiger partial charge in [0.1, 0.15) is 12.1 Å². The van der Waals surface area contributed by atoms with Crippen molar-refractivity contribution in [2.24, 2.45) is 4.99 Å². The van der Waals surface area contributed by atoms with Crippen molar-refractivity contribution < 1.29 is 8.91 Å². The molecular formula is C21H27FIN7O. The molecule has 3 heterocycles. The van der Waals surface area contributed by atoms with Crippen LogP contribution in [-0.2, 0) is 13.0 Å². The number of rotatable bonds is 6. The molecule has 1 aromatic carbocycles. The SMILES string of the molecule is CN=C(NCCc1ccn(-c2ccc(F)cc2)n1)N1CCN(Cc2ccon2)CC1.I. The van der Waals surface area contributed by atoms with Crippen LogP contribution < -0.4 is 5.32 Å². The van der Waals surface area contributed by atoms with Crippen LogP contribution in [0, 0.1) is 5.82 Å². The normalized spacial score (nSPS) is 15.0. The number of nitrogens with zero attached hydrogens (tertiary/aromatic N) is 6. The van der Waals surface area contributed by atoms with E-state index in [4.69, 9.17) is 4.52 Å². The molecule has 31 heavy (non-hydrogen) atoms. The summed E-state index contributed by atoms with van der Waals surface area (Å²) in [6.07, 6.45) is 4.28. The van der Waals surface area contributed by atoms with Crippen molar-refractivity contribution in [1.82, 2.24) is 30.1 Å². The first-order chi connectivity index (χ1) is 14.7. The van der Waals surface area contributed by atoms with Crippen LogP contribution in [0.3, 0.4) is 0 Å². The molecule has 8 nitrogen and oxygen atoms in total. The van der Waals surface area contributed by atoms with E-state index in [-0.39, 0.29) is 29.8 Å². The first-order valence-corrected chi connectivity index (χ1v) is 10.1. The second-order valence-corrected chi connectivity index (χ2v) is 7.21. The van der Waals surface area contributed by atoms with E-state index >= 15 is 0 Å². The topological polar surface area (TPSA) is 74.7 Å². The molecule has 0 aliphatic carbocycles. The fourth-order valence-corrected chi connectivity index (χ4v) is 3.53. The van der Waals surface area contributed by atoms with Crippen molar-refractivity contribution in [3.05, 3.63) is 66.1 Å². The van der Waals surface area contributed by atoms with Gasteiger partial charge in [-0.05, 0) is 30.3 Å². The van der Waals surface area contributed by atoms with Crippen molar-refractivity contribution in [1.29, 1.82) is 0 Å². The molecule has 2 aromatic heterocycles. The highest BCUT2D eigenvalue weighted by Gasteiger charge is 2.20. The molecule has 3 aromatic rings.